The van der Waals surface area contributed by atoms with Gasteiger partial charge in [0.05, 0.1) is 5.52 Å². The highest BCUT2D eigenvalue weighted by Crippen LogP contribution is 2.36. The molecule has 1 nitrogen and oxygen atoms in total. The summed E-state index contributed by atoms with van der Waals surface area (Å²) >= 11 is 0. The van der Waals surface area contributed by atoms with Crippen LogP contribution >= 0.6 is 0 Å². The number of fused-ring (bicyclic) bond motifs is 3. The molecule has 0 saturated heterocycles. The van der Waals surface area contributed by atoms with Crippen molar-refractivity contribution in [3.63, 3.8) is 0 Å². The van der Waals surface area contributed by atoms with E-state index >= 15 is 0 Å². The van der Waals surface area contributed by atoms with Gasteiger partial charge in [-0.15, -0.1) is 0 Å². The third kappa shape index (κ3) is 1.78. The van der Waals surface area contributed by atoms with Crippen LogP contribution in [0.3, 0.4) is 0 Å². The Bertz CT molecular complexity index is 946. The largest absolute Gasteiger partial charge is 0.354 e. The van der Waals surface area contributed by atoms with E-state index in [0.29, 0.717) is 0 Å². The lowest BCUT2D eigenvalue weighted by Gasteiger charge is -2.08. The molecule has 21 heavy (non-hydrogen) atoms. The van der Waals surface area contributed by atoms with Crippen molar-refractivity contribution in [1.29, 1.82) is 0 Å². The van der Waals surface area contributed by atoms with Crippen LogP contribution in [0.2, 0.25) is 0 Å². The lowest BCUT2D eigenvalue weighted by Crippen LogP contribution is -1.85. The Morgan fingerprint density at radius 1 is 0.762 bits per heavy atom. The van der Waals surface area contributed by atoms with Gasteiger partial charge in [0.25, 0.3) is 0 Å². The van der Waals surface area contributed by atoms with Gasteiger partial charge in [-0.05, 0) is 17.2 Å². The maximum Gasteiger partial charge on any atom is 0.0550 e. The molecule has 0 saturated carbocycles. The molecule has 1 N–H and O–H groups in total. The van der Waals surface area contributed by atoms with Crippen molar-refractivity contribution < 1.29 is 0 Å². The SMILES string of the molecule is C=Cc1ccc2c([nH]c3ccccc32)c1-c1ccccc1. The molecular formula is C20H15N. The summed E-state index contributed by atoms with van der Waals surface area (Å²) in [6.45, 7) is 3.96. The molecule has 1 heteroatoms. The highest BCUT2D eigenvalue weighted by molar-refractivity contribution is 6.13. The molecule has 0 fully saturated rings. The van der Waals surface area contributed by atoms with Gasteiger partial charge >= 0.3 is 0 Å². The summed E-state index contributed by atoms with van der Waals surface area (Å²) in [5.74, 6) is 0. The number of hydrogen-bond donors (Lipinski definition) is 1. The quantitative estimate of drug-likeness (QED) is 0.485. The highest BCUT2D eigenvalue weighted by Gasteiger charge is 2.12. The molecule has 1 aromatic heterocycles. The highest BCUT2D eigenvalue weighted by atomic mass is 14.7. The van der Waals surface area contributed by atoms with Crippen molar-refractivity contribution >= 4 is 27.9 Å². The van der Waals surface area contributed by atoms with Crippen LogP contribution in [-0.4, -0.2) is 4.98 Å². The van der Waals surface area contributed by atoms with Crippen LogP contribution < -0.4 is 0 Å². The first kappa shape index (κ1) is 12.0. The molecule has 100 valence electrons. The van der Waals surface area contributed by atoms with Crippen molar-refractivity contribution in [2.75, 3.05) is 0 Å². The Balaban J connectivity index is 2.18. The van der Waals surface area contributed by atoms with E-state index in [1.54, 1.807) is 0 Å². The topological polar surface area (TPSA) is 15.8 Å². The summed E-state index contributed by atoms with van der Waals surface area (Å²) in [4.78, 5) is 3.57. The van der Waals surface area contributed by atoms with Crippen molar-refractivity contribution in [2.45, 2.75) is 0 Å². The predicted molar refractivity (Wildman–Crippen MR) is 91.3 cm³/mol. The Morgan fingerprint density at radius 3 is 2.33 bits per heavy atom. The normalized spacial score (nSPS) is 11.0. The molecule has 0 aliphatic carbocycles. The zero-order valence-electron chi connectivity index (χ0n) is 11.6. The molecule has 0 aliphatic heterocycles. The number of rotatable bonds is 2. The fraction of sp³-hybridized carbons (Fsp3) is 0. The van der Waals surface area contributed by atoms with E-state index in [0.717, 1.165) is 5.56 Å². The standard InChI is InChI=1S/C20H15N/c1-2-14-12-13-17-16-10-6-7-11-18(16)21-20(17)19(14)15-8-4-3-5-9-15/h2-13,21H,1H2. The second kappa shape index (κ2) is 4.64. The van der Waals surface area contributed by atoms with Crippen LogP contribution in [0.4, 0.5) is 0 Å². The van der Waals surface area contributed by atoms with Gasteiger partial charge < -0.3 is 4.98 Å². The molecule has 0 aliphatic rings. The molecule has 3 aromatic carbocycles. The van der Waals surface area contributed by atoms with Crippen molar-refractivity contribution in [1.82, 2.24) is 4.98 Å². The van der Waals surface area contributed by atoms with Crippen LogP contribution in [0.1, 0.15) is 5.56 Å². The first-order valence-electron chi connectivity index (χ1n) is 7.10. The van der Waals surface area contributed by atoms with Crippen molar-refractivity contribution in [2.24, 2.45) is 0 Å². The summed E-state index contributed by atoms with van der Waals surface area (Å²) < 4.78 is 0. The van der Waals surface area contributed by atoms with Gasteiger partial charge in [0, 0.05) is 21.9 Å². The number of hydrogen-bond acceptors (Lipinski definition) is 0. The van der Waals surface area contributed by atoms with Crippen LogP contribution in [0.25, 0.3) is 39.0 Å². The van der Waals surface area contributed by atoms with E-state index in [4.69, 9.17) is 0 Å². The van der Waals surface area contributed by atoms with Crippen LogP contribution in [0, 0.1) is 0 Å². The van der Waals surface area contributed by atoms with Gasteiger partial charge in [-0.2, -0.15) is 0 Å². The average Bonchev–Trinajstić information content (AvgIpc) is 2.93. The minimum absolute atomic E-state index is 1.15. The third-order valence-corrected chi connectivity index (χ3v) is 4.00. The Labute approximate surface area is 123 Å². The van der Waals surface area contributed by atoms with Gasteiger partial charge in [-0.25, -0.2) is 0 Å². The molecule has 0 radical (unpaired) electrons. The first-order valence-corrected chi connectivity index (χ1v) is 7.10. The Hall–Kier alpha value is -2.80. The maximum absolute atomic E-state index is 3.96. The van der Waals surface area contributed by atoms with Gasteiger partial charge in [0.2, 0.25) is 0 Å². The number of aromatic amines is 1. The molecule has 0 spiro atoms. The molecule has 4 rings (SSSR count). The smallest absolute Gasteiger partial charge is 0.0550 e. The second-order valence-electron chi connectivity index (χ2n) is 5.19. The van der Waals surface area contributed by atoms with E-state index < -0.39 is 0 Å². The molecule has 0 atom stereocenters. The zero-order valence-corrected chi connectivity index (χ0v) is 11.6. The monoisotopic (exact) mass is 269 g/mol. The Morgan fingerprint density at radius 2 is 1.52 bits per heavy atom. The number of para-hydroxylation sites is 1. The molecular weight excluding hydrogens is 254 g/mol. The summed E-state index contributed by atoms with van der Waals surface area (Å²) in [6, 6.07) is 23.2. The maximum atomic E-state index is 3.96. The molecule has 0 amide bonds. The van der Waals surface area contributed by atoms with E-state index in [-0.39, 0.29) is 0 Å². The zero-order chi connectivity index (χ0) is 14.2. The molecule has 0 bridgehead atoms. The van der Waals surface area contributed by atoms with Gasteiger partial charge in [-0.3, -0.25) is 0 Å². The van der Waals surface area contributed by atoms with Gasteiger partial charge in [0.1, 0.15) is 0 Å². The fourth-order valence-electron chi connectivity index (χ4n) is 3.02. The van der Waals surface area contributed by atoms with Crippen molar-refractivity contribution in [3.8, 4) is 11.1 Å². The number of benzene rings is 3. The third-order valence-electron chi connectivity index (χ3n) is 4.00. The minimum atomic E-state index is 1.15. The van der Waals surface area contributed by atoms with E-state index in [1.807, 2.05) is 12.1 Å². The number of nitrogens with one attached hydrogen (secondary N) is 1. The fourth-order valence-corrected chi connectivity index (χ4v) is 3.02. The molecule has 4 aromatic rings. The van der Waals surface area contributed by atoms with E-state index in [1.165, 1.54) is 32.9 Å². The number of aromatic nitrogens is 1. The molecule has 0 unspecified atom stereocenters. The summed E-state index contributed by atoms with van der Waals surface area (Å²) in [5, 5.41) is 2.52. The average molecular weight is 269 g/mol. The van der Waals surface area contributed by atoms with Gasteiger partial charge in [0.15, 0.2) is 0 Å². The Kier molecular flexibility index (Phi) is 2.65. The van der Waals surface area contributed by atoms with Crippen LogP contribution in [-0.2, 0) is 0 Å². The number of H-pyrrole nitrogens is 1. The second-order valence-corrected chi connectivity index (χ2v) is 5.19. The first-order chi connectivity index (χ1) is 10.4. The lowest BCUT2D eigenvalue weighted by molar-refractivity contribution is 1.53. The summed E-state index contributed by atoms with van der Waals surface area (Å²) in [6.07, 6.45) is 1.92. The van der Waals surface area contributed by atoms with Gasteiger partial charge in [-0.1, -0.05) is 73.3 Å². The van der Waals surface area contributed by atoms with E-state index in [2.05, 4.69) is 72.2 Å². The predicted octanol–water partition coefficient (Wildman–Crippen LogP) is 5.63. The lowest BCUT2D eigenvalue weighted by atomic mass is 9.96. The molecule has 1 heterocycles. The van der Waals surface area contributed by atoms with Crippen molar-refractivity contribution in [3.05, 3.63) is 78.9 Å². The van der Waals surface area contributed by atoms with Crippen LogP contribution in [0.5, 0.6) is 0 Å². The summed E-state index contributed by atoms with van der Waals surface area (Å²) in [7, 11) is 0. The van der Waals surface area contributed by atoms with Crippen LogP contribution in [0.15, 0.2) is 73.3 Å². The summed E-state index contributed by atoms with van der Waals surface area (Å²) in [5.41, 5.74) is 5.94. The minimum Gasteiger partial charge on any atom is -0.354 e. The van der Waals surface area contributed by atoms with E-state index in [9.17, 15) is 0 Å².